The Morgan fingerprint density at radius 3 is 2.43 bits per heavy atom. The van der Waals surface area contributed by atoms with Crippen molar-refractivity contribution < 1.29 is 14.7 Å². The molecule has 0 spiro atoms. The molecule has 1 amide bonds. The van der Waals surface area contributed by atoms with Crippen molar-refractivity contribution in [3.8, 4) is 0 Å². The summed E-state index contributed by atoms with van der Waals surface area (Å²) in [5, 5.41) is 12.2. The summed E-state index contributed by atoms with van der Waals surface area (Å²) in [6, 6.07) is 12.1. The van der Waals surface area contributed by atoms with E-state index in [0.29, 0.717) is 17.8 Å². The van der Waals surface area contributed by atoms with Crippen LogP contribution in [0.4, 0.5) is 0 Å². The number of carbonyl (C=O) groups excluding carboxylic acids is 1. The van der Waals surface area contributed by atoms with Crippen molar-refractivity contribution in [3.63, 3.8) is 0 Å². The van der Waals surface area contributed by atoms with Crippen molar-refractivity contribution >= 4 is 11.9 Å². The molecule has 0 saturated carbocycles. The highest BCUT2D eigenvalue weighted by Gasteiger charge is 2.37. The molecule has 0 saturated heterocycles. The summed E-state index contributed by atoms with van der Waals surface area (Å²) in [6.07, 6.45) is 1.79. The first-order valence-corrected chi connectivity index (χ1v) is 6.75. The van der Waals surface area contributed by atoms with Crippen LogP contribution in [0.1, 0.15) is 29.9 Å². The minimum Gasteiger partial charge on any atom is -0.479 e. The average molecular weight is 286 g/mol. The summed E-state index contributed by atoms with van der Waals surface area (Å²) in [5.74, 6) is -1.51. The van der Waals surface area contributed by atoms with E-state index in [4.69, 9.17) is 0 Å². The molecular weight excluding hydrogens is 268 g/mol. The van der Waals surface area contributed by atoms with Crippen LogP contribution in [0, 0.1) is 0 Å². The monoisotopic (exact) mass is 286 g/mol. The maximum Gasteiger partial charge on any atom is 0.333 e. The van der Waals surface area contributed by atoms with Gasteiger partial charge in [-0.3, -0.25) is 4.79 Å². The summed E-state index contributed by atoms with van der Waals surface area (Å²) in [7, 11) is 0. The van der Waals surface area contributed by atoms with Crippen LogP contribution < -0.4 is 5.32 Å². The van der Waals surface area contributed by atoms with Crippen LogP contribution >= 0.6 is 0 Å². The van der Waals surface area contributed by atoms with Gasteiger partial charge < -0.3 is 15.0 Å². The lowest BCUT2D eigenvalue weighted by molar-refractivity contribution is -0.144. The number of hydrogen-bond donors (Lipinski definition) is 2. The van der Waals surface area contributed by atoms with Crippen molar-refractivity contribution in [1.29, 1.82) is 0 Å². The minimum atomic E-state index is -1.47. The molecule has 0 aliphatic rings. The van der Waals surface area contributed by atoms with Gasteiger partial charge in [-0.1, -0.05) is 30.3 Å². The highest BCUT2D eigenvalue weighted by molar-refractivity contribution is 5.97. The van der Waals surface area contributed by atoms with E-state index >= 15 is 0 Å². The lowest BCUT2D eigenvalue weighted by Gasteiger charge is -2.27. The second-order valence-corrected chi connectivity index (χ2v) is 4.93. The Morgan fingerprint density at radius 2 is 1.86 bits per heavy atom. The average Bonchev–Trinajstić information content (AvgIpc) is 2.96. The number of amides is 1. The van der Waals surface area contributed by atoms with Crippen LogP contribution in [0.3, 0.4) is 0 Å². The van der Waals surface area contributed by atoms with Gasteiger partial charge in [-0.15, -0.1) is 0 Å². The molecule has 0 bridgehead atoms. The van der Waals surface area contributed by atoms with Crippen LogP contribution in [0.2, 0.25) is 0 Å². The minimum absolute atomic E-state index is 0.407. The summed E-state index contributed by atoms with van der Waals surface area (Å²) in [6.45, 7) is 4.05. The zero-order valence-electron chi connectivity index (χ0n) is 12.0. The zero-order valence-corrected chi connectivity index (χ0v) is 12.0. The molecule has 5 nitrogen and oxygen atoms in total. The maximum atomic E-state index is 12.4. The van der Waals surface area contributed by atoms with Crippen molar-refractivity contribution in [3.05, 3.63) is 59.9 Å². The Balaban J connectivity index is 2.33. The molecule has 0 aliphatic carbocycles. The zero-order chi connectivity index (χ0) is 15.5. The molecule has 1 atom stereocenters. The molecule has 0 radical (unpaired) electrons. The quantitative estimate of drug-likeness (QED) is 0.885. The Hall–Kier alpha value is -2.56. The third-order valence-corrected chi connectivity index (χ3v) is 3.55. The smallest absolute Gasteiger partial charge is 0.333 e. The number of hydrogen-bond acceptors (Lipinski definition) is 2. The summed E-state index contributed by atoms with van der Waals surface area (Å²) in [4.78, 5) is 24.0. The molecule has 21 heavy (non-hydrogen) atoms. The van der Waals surface area contributed by atoms with Gasteiger partial charge in [-0.2, -0.15) is 0 Å². The van der Waals surface area contributed by atoms with E-state index in [0.717, 1.165) is 0 Å². The number of carboxylic acids is 1. The highest BCUT2D eigenvalue weighted by atomic mass is 16.4. The van der Waals surface area contributed by atoms with E-state index in [1.807, 2.05) is 6.92 Å². The molecule has 0 aliphatic heterocycles. The number of nitrogens with one attached hydrogen (secondary N) is 1. The first kappa shape index (κ1) is 14.8. The SMILES string of the molecule is CCn1cccc1C(=O)NC(C)(C(=O)O)c1ccccc1. The van der Waals surface area contributed by atoms with Crippen LogP contribution in [0.5, 0.6) is 0 Å². The largest absolute Gasteiger partial charge is 0.479 e. The highest BCUT2D eigenvalue weighted by Crippen LogP contribution is 2.21. The van der Waals surface area contributed by atoms with Crippen molar-refractivity contribution in [1.82, 2.24) is 9.88 Å². The number of aliphatic carboxylic acids is 1. The number of carboxylic acid groups (broad SMARTS) is 1. The lowest BCUT2D eigenvalue weighted by Crippen LogP contribution is -2.49. The Kier molecular flexibility index (Phi) is 4.12. The first-order chi connectivity index (χ1) is 9.99. The second kappa shape index (κ2) is 5.83. The molecule has 2 N–H and O–H groups in total. The Labute approximate surface area is 123 Å². The molecule has 110 valence electrons. The molecule has 1 heterocycles. The van der Waals surface area contributed by atoms with Gasteiger partial charge in [0.25, 0.3) is 5.91 Å². The number of nitrogens with zero attached hydrogens (tertiary/aromatic N) is 1. The predicted molar refractivity (Wildman–Crippen MR) is 79.0 cm³/mol. The molecule has 1 aromatic heterocycles. The van der Waals surface area contributed by atoms with E-state index < -0.39 is 17.4 Å². The Morgan fingerprint density at radius 1 is 1.19 bits per heavy atom. The lowest BCUT2D eigenvalue weighted by atomic mass is 9.92. The summed E-state index contributed by atoms with van der Waals surface area (Å²) < 4.78 is 1.77. The van der Waals surface area contributed by atoms with Crippen LogP contribution in [-0.4, -0.2) is 21.6 Å². The fourth-order valence-corrected chi connectivity index (χ4v) is 2.21. The van der Waals surface area contributed by atoms with Crippen molar-refractivity contribution in [2.75, 3.05) is 0 Å². The van der Waals surface area contributed by atoms with Gasteiger partial charge in [0.15, 0.2) is 5.54 Å². The van der Waals surface area contributed by atoms with Gasteiger partial charge in [0.2, 0.25) is 0 Å². The fourth-order valence-electron chi connectivity index (χ4n) is 2.21. The van der Waals surface area contributed by atoms with Gasteiger partial charge in [0, 0.05) is 12.7 Å². The topological polar surface area (TPSA) is 71.3 Å². The molecule has 2 aromatic rings. The van der Waals surface area contributed by atoms with E-state index in [1.54, 1.807) is 53.2 Å². The summed E-state index contributed by atoms with van der Waals surface area (Å²) >= 11 is 0. The number of aromatic nitrogens is 1. The summed E-state index contributed by atoms with van der Waals surface area (Å²) in [5.41, 5.74) is -0.498. The molecule has 2 rings (SSSR count). The van der Waals surface area contributed by atoms with Gasteiger partial charge in [0.05, 0.1) is 0 Å². The van der Waals surface area contributed by atoms with Gasteiger partial charge in [-0.25, -0.2) is 4.79 Å². The van der Waals surface area contributed by atoms with Gasteiger partial charge in [-0.05, 0) is 31.5 Å². The van der Waals surface area contributed by atoms with Crippen LogP contribution in [0.25, 0.3) is 0 Å². The number of rotatable bonds is 5. The van der Waals surface area contributed by atoms with E-state index in [2.05, 4.69) is 5.32 Å². The van der Waals surface area contributed by atoms with E-state index in [1.165, 1.54) is 6.92 Å². The second-order valence-electron chi connectivity index (χ2n) is 4.93. The van der Waals surface area contributed by atoms with Crippen LogP contribution in [0.15, 0.2) is 48.7 Å². The normalized spacial score (nSPS) is 13.4. The Bertz CT molecular complexity index is 649. The fraction of sp³-hybridized carbons (Fsp3) is 0.250. The van der Waals surface area contributed by atoms with Gasteiger partial charge >= 0.3 is 5.97 Å². The standard InChI is InChI=1S/C16H18N2O3/c1-3-18-11-7-10-13(18)14(19)17-16(2,15(20)21)12-8-5-4-6-9-12/h4-11H,3H2,1-2H3,(H,17,19)(H,20,21). The molecular formula is C16H18N2O3. The molecule has 0 fully saturated rings. The van der Waals surface area contributed by atoms with Crippen molar-refractivity contribution in [2.45, 2.75) is 25.9 Å². The number of carbonyl (C=O) groups is 2. The predicted octanol–water partition coefficient (Wildman–Crippen LogP) is 2.24. The maximum absolute atomic E-state index is 12.4. The number of benzene rings is 1. The van der Waals surface area contributed by atoms with Gasteiger partial charge in [0.1, 0.15) is 5.69 Å². The molecule has 1 unspecified atom stereocenters. The third kappa shape index (κ3) is 2.81. The molecule has 5 heteroatoms. The van der Waals surface area contributed by atoms with E-state index in [-0.39, 0.29) is 0 Å². The van der Waals surface area contributed by atoms with E-state index in [9.17, 15) is 14.7 Å². The molecule has 1 aromatic carbocycles. The third-order valence-electron chi connectivity index (χ3n) is 3.55. The van der Waals surface area contributed by atoms with Crippen molar-refractivity contribution in [2.24, 2.45) is 0 Å². The van der Waals surface area contributed by atoms with Crippen LogP contribution in [-0.2, 0) is 16.9 Å². The first-order valence-electron chi connectivity index (χ1n) is 6.75. The number of aryl methyl sites for hydroxylation is 1.